The molecule has 2 amide bonds. The van der Waals surface area contributed by atoms with Crippen LogP contribution < -0.4 is 9.64 Å². The predicted molar refractivity (Wildman–Crippen MR) is 78.8 cm³/mol. The number of halogens is 2. The number of carbonyl (C=O) groups excluding carboxylic acids is 3. The summed E-state index contributed by atoms with van der Waals surface area (Å²) in [7, 11) is 0. The Morgan fingerprint density at radius 3 is 2.40 bits per heavy atom. The lowest BCUT2D eigenvalue weighted by atomic mass is 10.1. The third kappa shape index (κ3) is 2.84. The summed E-state index contributed by atoms with van der Waals surface area (Å²) in [4.78, 5) is 35.7. The number of benzene rings is 1. The number of imide groups is 1. The average Bonchev–Trinajstić information content (AvgIpc) is 3.03. The van der Waals surface area contributed by atoms with Gasteiger partial charge in [-0.1, -0.05) is 0 Å². The molecule has 1 aromatic heterocycles. The molecule has 0 atom stereocenters. The fraction of sp³-hybridized carbons (Fsp3) is 0.188. The summed E-state index contributed by atoms with van der Waals surface area (Å²) in [5, 5.41) is 10.3. The zero-order chi connectivity index (χ0) is 18.3. The van der Waals surface area contributed by atoms with Crippen molar-refractivity contribution in [3.05, 3.63) is 29.8 Å². The monoisotopic (exact) mass is 351 g/mol. The molecule has 130 valence electrons. The van der Waals surface area contributed by atoms with E-state index in [9.17, 15) is 28.3 Å². The number of carbonyl (C=O) groups is 3. The van der Waals surface area contributed by atoms with Crippen molar-refractivity contribution in [2.24, 2.45) is 0 Å². The summed E-state index contributed by atoms with van der Waals surface area (Å²) >= 11 is 0. The van der Waals surface area contributed by atoms with Crippen LogP contribution in [0.4, 0.5) is 14.7 Å². The molecule has 9 heteroatoms. The number of furan rings is 1. The van der Waals surface area contributed by atoms with Crippen LogP contribution in [0.5, 0.6) is 11.5 Å². The van der Waals surface area contributed by atoms with Gasteiger partial charge in [-0.2, -0.15) is 0 Å². The first-order valence-corrected chi connectivity index (χ1v) is 7.15. The Kier molecular flexibility index (Phi) is 3.99. The molecular weight excluding hydrogens is 340 g/mol. The summed E-state index contributed by atoms with van der Waals surface area (Å²) in [6.45, 7) is 1.04. The van der Waals surface area contributed by atoms with Crippen molar-refractivity contribution in [1.82, 2.24) is 0 Å². The van der Waals surface area contributed by atoms with Crippen LogP contribution in [0.25, 0.3) is 11.3 Å². The number of rotatable bonds is 3. The number of amides is 2. The van der Waals surface area contributed by atoms with E-state index in [0.29, 0.717) is 4.90 Å². The highest BCUT2D eigenvalue weighted by atomic mass is 19.2. The first kappa shape index (κ1) is 16.6. The second-order valence-corrected chi connectivity index (χ2v) is 5.26. The lowest BCUT2D eigenvalue weighted by Gasteiger charge is -2.11. The molecular formula is C16H11F2NO6. The van der Waals surface area contributed by atoms with Gasteiger partial charge in [0.15, 0.2) is 17.4 Å². The molecule has 1 fully saturated rings. The Bertz CT molecular complexity index is 888. The van der Waals surface area contributed by atoms with Crippen LogP contribution in [0.3, 0.4) is 0 Å². The fourth-order valence-corrected chi connectivity index (χ4v) is 2.41. The van der Waals surface area contributed by atoms with Crippen molar-refractivity contribution in [2.75, 3.05) is 4.90 Å². The van der Waals surface area contributed by atoms with E-state index in [1.165, 1.54) is 0 Å². The van der Waals surface area contributed by atoms with Gasteiger partial charge in [-0.25, -0.2) is 13.7 Å². The summed E-state index contributed by atoms with van der Waals surface area (Å²) in [5.41, 5.74) is -0.0739. The van der Waals surface area contributed by atoms with Gasteiger partial charge in [0.1, 0.15) is 0 Å². The second kappa shape index (κ2) is 6.00. The zero-order valence-corrected chi connectivity index (χ0v) is 12.8. The van der Waals surface area contributed by atoms with Crippen LogP contribution in [-0.4, -0.2) is 22.9 Å². The number of esters is 1. The number of anilines is 1. The number of hydrogen-bond acceptors (Lipinski definition) is 6. The molecule has 1 N–H and O–H groups in total. The maximum absolute atomic E-state index is 13.4. The smallest absolute Gasteiger partial charge is 0.308 e. The maximum atomic E-state index is 13.4. The van der Waals surface area contributed by atoms with Crippen molar-refractivity contribution in [3.63, 3.8) is 0 Å². The van der Waals surface area contributed by atoms with Crippen LogP contribution in [0, 0.1) is 11.6 Å². The van der Waals surface area contributed by atoms with Crippen molar-refractivity contribution in [1.29, 1.82) is 0 Å². The molecule has 0 bridgehead atoms. The van der Waals surface area contributed by atoms with Gasteiger partial charge in [-0.3, -0.25) is 14.4 Å². The molecule has 1 aromatic carbocycles. The van der Waals surface area contributed by atoms with Crippen LogP contribution in [-0.2, 0) is 14.4 Å². The van der Waals surface area contributed by atoms with E-state index in [1.807, 2.05) is 0 Å². The van der Waals surface area contributed by atoms with E-state index in [0.717, 1.165) is 25.1 Å². The Morgan fingerprint density at radius 2 is 1.84 bits per heavy atom. The molecule has 2 aromatic rings. The van der Waals surface area contributed by atoms with Gasteiger partial charge in [0, 0.05) is 25.3 Å². The van der Waals surface area contributed by atoms with Crippen molar-refractivity contribution < 1.29 is 37.4 Å². The third-order valence-electron chi connectivity index (χ3n) is 3.51. The Morgan fingerprint density at radius 1 is 1.20 bits per heavy atom. The lowest BCUT2D eigenvalue weighted by molar-refractivity contribution is -0.132. The van der Waals surface area contributed by atoms with Crippen LogP contribution in [0.1, 0.15) is 19.8 Å². The van der Waals surface area contributed by atoms with Crippen molar-refractivity contribution in [2.45, 2.75) is 19.8 Å². The normalized spacial score (nSPS) is 14.3. The number of nitrogens with zero attached hydrogens (tertiary/aromatic N) is 1. The van der Waals surface area contributed by atoms with E-state index < -0.39 is 46.8 Å². The highest BCUT2D eigenvalue weighted by Gasteiger charge is 2.38. The van der Waals surface area contributed by atoms with E-state index in [4.69, 9.17) is 9.15 Å². The first-order valence-electron chi connectivity index (χ1n) is 7.15. The van der Waals surface area contributed by atoms with Gasteiger partial charge >= 0.3 is 5.97 Å². The predicted octanol–water partition coefficient (Wildman–Crippen LogP) is 2.51. The van der Waals surface area contributed by atoms with Crippen LogP contribution in [0.15, 0.2) is 22.6 Å². The first-order chi connectivity index (χ1) is 11.8. The molecule has 2 heterocycles. The quantitative estimate of drug-likeness (QED) is 0.674. The van der Waals surface area contributed by atoms with Gasteiger partial charge in [-0.15, -0.1) is 0 Å². The average molecular weight is 351 g/mol. The largest absolute Gasteiger partial charge is 0.502 e. The highest BCUT2D eigenvalue weighted by molar-refractivity contribution is 6.20. The fourth-order valence-electron chi connectivity index (χ4n) is 2.41. The molecule has 1 aliphatic rings. The Hall–Kier alpha value is -3.23. The van der Waals surface area contributed by atoms with Gasteiger partial charge < -0.3 is 14.3 Å². The molecule has 25 heavy (non-hydrogen) atoms. The maximum Gasteiger partial charge on any atom is 0.308 e. The van der Waals surface area contributed by atoms with E-state index >= 15 is 0 Å². The molecule has 0 spiro atoms. The second-order valence-electron chi connectivity index (χ2n) is 5.26. The molecule has 0 saturated carbocycles. The topological polar surface area (TPSA) is 97.0 Å². The molecule has 0 aliphatic carbocycles. The number of aromatic hydroxyl groups is 1. The molecule has 1 saturated heterocycles. The van der Waals surface area contributed by atoms with Gasteiger partial charge in [-0.05, 0) is 18.2 Å². The zero-order valence-electron chi connectivity index (χ0n) is 12.8. The molecule has 0 radical (unpaired) electrons. The molecule has 1 aliphatic heterocycles. The van der Waals surface area contributed by atoms with E-state index in [-0.39, 0.29) is 24.2 Å². The Balaban J connectivity index is 2.17. The van der Waals surface area contributed by atoms with E-state index in [1.54, 1.807) is 0 Å². The highest BCUT2D eigenvalue weighted by Crippen LogP contribution is 2.48. The Labute approximate surface area is 139 Å². The van der Waals surface area contributed by atoms with Gasteiger partial charge in [0.25, 0.3) is 5.88 Å². The third-order valence-corrected chi connectivity index (χ3v) is 3.51. The molecule has 3 rings (SSSR count). The van der Waals surface area contributed by atoms with Crippen molar-refractivity contribution in [3.8, 4) is 22.8 Å². The number of ether oxygens (including phenoxy) is 1. The van der Waals surface area contributed by atoms with Gasteiger partial charge in [0.05, 0.1) is 0 Å². The standard InChI is InChI=1S/C16H11F2NO6/c1-7(20)24-15-13(23)14(8-2-3-9(17)10(18)6-8)25-16(15)19-11(21)4-5-12(19)22/h2-3,6,23H,4-5H2,1H3. The SMILES string of the molecule is CC(=O)Oc1c(N2C(=O)CCC2=O)oc(-c2ccc(F)c(F)c2)c1O. The minimum Gasteiger partial charge on any atom is -0.502 e. The minimum absolute atomic E-state index is 0.0691. The van der Waals surface area contributed by atoms with Crippen LogP contribution in [0.2, 0.25) is 0 Å². The van der Waals surface area contributed by atoms with E-state index in [2.05, 4.69) is 0 Å². The summed E-state index contributed by atoms with van der Waals surface area (Å²) < 4.78 is 36.7. The molecule has 0 unspecified atom stereocenters. The van der Waals surface area contributed by atoms with Gasteiger partial charge in [0.2, 0.25) is 23.3 Å². The molecule has 7 nitrogen and oxygen atoms in total. The summed E-state index contributed by atoms with van der Waals surface area (Å²) in [6, 6.07) is 2.68. The van der Waals surface area contributed by atoms with Crippen molar-refractivity contribution >= 4 is 23.7 Å². The summed E-state index contributed by atoms with van der Waals surface area (Å²) in [6.07, 6.45) is -0.138. The number of hydrogen-bond donors (Lipinski definition) is 1. The van der Waals surface area contributed by atoms with Crippen LogP contribution >= 0.6 is 0 Å². The minimum atomic E-state index is -1.20. The summed E-state index contributed by atoms with van der Waals surface area (Å²) in [5.74, 6) is -6.49. The lowest BCUT2D eigenvalue weighted by Crippen LogP contribution is -2.28.